The predicted molar refractivity (Wildman–Crippen MR) is 134 cm³/mol. The zero-order valence-corrected chi connectivity index (χ0v) is 20.0. The van der Waals surface area contributed by atoms with Crippen molar-refractivity contribution in [3.05, 3.63) is 93.8 Å². The summed E-state index contributed by atoms with van der Waals surface area (Å²) in [7, 11) is 0. The van der Waals surface area contributed by atoms with Crippen molar-refractivity contribution in [2.45, 2.75) is 34.2 Å². The SMILES string of the molecule is Cc1ccc(-n2nc(C)cc2NC(=O)Cn2cnc3c(cnn3-c3cc(C)cc(C)c3)c2=O)cc1. The van der Waals surface area contributed by atoms with Gasteiger partial charge in [0.1, 0.15) is 24.1 Å². The quantitative estimate of drug-likeness (QED) is 0.425. The number of benzene rings is 2. The van der Waals surface area contributed by atoms with Gasteiger partial charge in [-0.1, -0.05) is 23.8 Å². The highest BCUT2D eigenvalue weighted by atomic mass is 16.2. The molecular weight excluding hydrogens is 442 g/mol. The van der Waals surface area contributed by atoms with Crippen molar-refractivity contribution < 1.29 is 4.79 Å². The Balaban J connectivity index is 1.41. The Bertz CT molecular complexity index is 1600. The average molecular weight is 468 g/mol. The Morgan fingerprint density at radius 1 is 0.886 bits per heavy atom. The molecular formula is C26H25N7O2. The van der Waals surface area contributed by atoms with E-state index < -0.39 is 0 Å². The molecule has 0 aliphatic rings. The van der Waals surface area contributed by atoms with E-state index in [0.717, 1.165) is 33.8 Å². The minimum atomic E-state index is -0.358. The molecule has 5 aromatic rings. The lowest BCUT2D eigenvalue weighted by molar-refractivity contribution is -0.116. The Kier molecular flexibility index (Phi) is 5.52. The number of anilines is 1. The number of amides is 1. The summed E-state index contributed by atoms with van der Waals surface area (Å²) in [4.78, 5) is 30.4. The molecule has 0 bridgehead atoms. The van der Waals surface area contributed by atoms with E-state index in [2.05, 4.69) is 26.6 Å². The van der Waals surface area contributed by atoms with E-state index in [0.29, 0.717) is 16.9 Å². The van der Waals surface area contributed by atoms with E-state index in [9.17, 15) is 9.59 Å². The third kappa shape index (κ3) is 4.35. The van der Waals surface area contributed by atoms with Crippen molar-refractivity contribution in [2.75, 3.05) is 5.32 Å². The second-order valence-corrected chi connectivity index (χ2v) is 8.78. The van der Waals surface area contributed by atoms with E-state index in [1.54, 1.807) is 15.4 Å². The number of nitrogens with one attached hydrogen (secondary N) is 1. The maximum atomic E-state index is 13.1. The van der Waals surface area contributed by atoms with Gasteiger partial charge in [-0.25, -0.2) is 14.3 Å². The number of rotatable bonds is 5. The van der Waals surface area contributed by atoms with Gasteiger partial charge in [-0.3, -0.25) is 14.2 Å². The lowest BCUT2D eigenvalue weighted by Crippen LogP contribution is -2.28. The first-order valence-electron chi connectivity index (χ1n) is 11.2. The van der Waals surface area contributed by atoms with Crippen LogP contribution in [0, 0.1) is 27.7 Å². The summed E-state index contributed by atoms with van der Waals surface area (Å²) >= 11 is 0. The fourth-order valence-electron chi connectivity index (χ4n) is 4.13. The Morgan fingerprint density at radius 3 is 2.31 bits per heavy atom. The predicted octanol–water partition coefficient (Wildman–Crippen LogP) is 3.64. The third-order valence-electron chi connectivity index (χ3n) is 5.70. The summed E-state index contributed by atoms with van der Waals surface area (Å²) in [6.07, 6.45) is 2.88. The van der Waals surface area contributed by atoms with Crippen molar-refractivity contribution in [2.24, 2.45) is 0 Å². The van der Waals surface area contributed by atoms with Crippen LogP contribution in [0.3, 0.4) is 0 Å². The minimum Gasteiger partial charge on any atom is -0.309 e. The number of hydrogen-bond donors (Lipinski definition) is 1. The number of carbonyl (C=O) groups excluding carboxylic acids is 1. The summed E-state index contributed by atoms with van der Waals surface area (Å²) in [6.45, 7) is 7.70. The van der Waals surface area contributed by atoms with Gasteiger partial charge in [-0.15, -0.1) is 0 Å². The first kappa shape index (κ1) is 22.3. The number of fused-ring (bicyclic) bond motifs is 1. The van der Waals surface area contributed by atoms with E-state index in [-0.39, 0.29) is 18.0 Å². The van der Waals surface area contributed by atoms with Crippen LogP contribution >= 0.6 is 0 Å². The summed E-state index contributed by atoms with van der Waals surface area (Å²) in [5.41, 5.74) is 5.86. The molecule has 35 heavy (non-hydrogen) atoms. The molecule has 0 atom stereocenters. The van der Waals surface area contributed by atoms with Gasteiger partial charge in [0.15, 0.2) is 5.65 Å². The molecule has 2 aromatic carbocycles. The maximum absolute atomic E-state index is 13.1. The van der Waals surface area contributed by atoms with Gasteiger partial charge in [0.25, 0.3) is 5.56 Å². The van der Waals surface area contributed by atoms with E-state index in [4.69, 9.17) is 0 Å². The molecule has 0 aliphatic carbocycles. The first-order valence-corrected chi connectivity index (χ1v) is 11.2. The highest BCUT2D eigenvalue weighted by molar-refractivity contribution is 5.90. The summed E-state index contributed by atoms with van der Waals surface area (Å²) in [6, 6.07) is 15.7. The van der Waals surface area contributed by atoms with Crippen molar-refractivity contribution >= 4 is 22.8 Å². The Morgan fingerprint density at radius 2 is 1.60 bits per heavy atom. The molecule has 0 aliphatic heterocycles. The van der Waals surface area contributed by atoms with Crippen LogP contribution in [0.15, 0.2) is 65.8 Å². The molecule has 9 nitrogen and oxygen atoms in total. The van der Waals surface area contributed by atoms with Gasteiger partial charge in [-0.05, 0) is 63.1 Å². The molecule has 0 spiro atoms. The molecule has 0 radical (unpaired) electrons. The highest BCUT2D eigenvalue weighted by Gasteiger charge is 2.15. The molecule has 176 valence electrons. The zero-order chi connectivity index (χ0) is 24.7. The fourth-order valence-corrected chi connectivity index (χ4v) is 4.13. The van der Waals surface area contributed by atoms with E-state index in [1.165, 1.54) is 17.1 Å². The zero-order valence-electron chi connectivity index (χ0n) is 20.0. The van der Waals surface area contributed by atoms with Crippen LogP contribution < -0.4 is 10.9 Å². The minimum absolute atomic E-state index is 0.186. The average Bonchev–Trinajstić information content (AvgIpc) is 3.39. The van der Waals surface area contributed by atoms with Gasteiger partial charge in [0.2, 0.25) is 5.91 Å². The van der Waals surface area contributed by atoms with E-state index in [1.807, 2.05) is 64.1 Å². The summed E-state index contributed by atoms with van der Waals surface area (Å²) in [5, 5.41) is 12.1. The summed E-state index contributed by atoms with van der Waals surface area (Å²) < 4.78 is 4.60. The second kappa shape index (κ2) is 8.68. The first-order chi connectivity index (χ1) is 16.8. The van der Waals surface area contributed by atoms with Crippen LogP contribution in [-0.2, 0) is 11.3 Å². The smallest absolute Gasteiger partial charge is 0.264 e. The van der Waals surface area contributed by atoms with Crippen molar-refractivity contribution in [1.29, 1.82) is 0 Å². The fraction of sp³-hybridized carbons (Fsp3) is 0.192. The molecule has 0 saturated carbocycles. The normalized spacial score (nSPS) is 11.2. The third-order valence-corrected chi connectivity index (χ3v) is 5.70. The van der Waals surface area contributed by atoms with Gasteiger partial charge in [0.05, 0.1) is 23.3 Å². The maximum Gasteiger partial charge on any atom is 0.264 e. The number of nitrogens with zero attached hydrogens (tertiary/aromatic N) is 6. The van der Waals surface area contributed by atoms with Crippen molar-refractivity contribution in [1.82, 2.24) is 29.1 Å². The van der Waals surface area contributed by atoms with Gasteiger partial charge in [0, 0.05) is 6.07 Å². The number of hydrogen-bond acceptors (Lipinski definition) is 5. The Labute approximate surface area is 201 Å². The van der Waals surface area contributed by atoms with Crippen LogP contribution in [0.25, 0.3) is 22.4 Å². The molecule has 0 saturated heterocycles. The second-order valence-electron chi connectivity index (χ2n) is 8.78. The number of carbonyl (C=O) groups is 1. The molecule has 1 amide bonds. The Hall–Kier alpha value is -4.53. The molecule has 0 unspecified atom stereocenters. The highest BCUT2D eigenvalue weighted by Crippen LogP contribution is 2.19. The molecule has 3 heterocycles. The largest absolute Gasteiger partial charge is 0.309 e. The van der Waals surface area contributed by atoms with Crippen LogP contribution in [0.4, 0.5) is 5.82 Å². The number of aromatic nitrogens is 6. The van der Waals surface area contributed by atoms with Crippen molar-refractivity contribution in [3.8, 4) is 11.4 Å². The molecule has 5 rings (SSSR count). The van der Waals surface area contributed by atoms with Crippen LogP contribution in [0.5, 0.6) is 0 Å². The van der Waals surface area contributed by atoms with Gasteiger partial charge < -0.3 is 5.32 Å². The van der Waals surface area contributed by atoms with Gasteiger partial charge >= 0.3 is 0 Å². The lowest BCUT2D eigenvalue weighted by Gasteiger charge is -2.10. The molecule has 9 heteroatoms. The topological polar surface area (TPSA) is 99.6 Å². The lowest BCUT2D eigenvalue weighted by atomic mass is 10.1. The molecule has 3 aromatic heterocycles. The van der Waals surface area contributed by atoms with Crippen LogP contribution in [-0.4, -0.2) is 35.0 Å². The van der Waals surface area contributed by atoms with Gasteiger partial charge in [-0.2, -0.15) is 10.2 Å². The molecule has 0 fully saturated rings. The standard InChI is InChI=1S/C26H25N7O2/c1-16-5-7-20(8-6-16)32-23(12-19(4)30-32)29-24(34)14-31-15-27-25-22(26(31)35)13-28-33(25)21-10-17(2)9-18(3)11-21/h5-13,15H,14H2,1-4H3,(H,29,34). The van der Waals surface area contributed by atoms with E-state index >= 15 is 0 Å². The summed E-state index contributed by atoms with van der Waals surface area (Å²) in [5.74, 6) is 0.171. The van der Waals surface area contributed by atoms with Crippen LogP contribution in [0.2, 0.25) is 0 Å². The monoisotopic (exact) mass is 467 g/mol. The number of aryl methyl sites for hydroxylation is 4. The molecule has 1 N–H and O–H groups in total. The van der Waals surface area contributed by atoms with Crippen LogP contribution in [0.1, 0.15) is 22.4 Å². The van der Waals surface area contributed by atoms with Crippen molar-refractivity contribution in [3.63, 3.8) is 0 Å².